The van der Waals surface area contributed by atoms with Crippen LogP contribution in [-0.2, 0) is 4.79 Å². The Morgan fingerprint density at radius 2 is 2.04 bits per heavy atom. The summed E-state index contributed by atoms with van der Waals surface area (Å²) in [4.78, 5) is 12.5. The first-order valence-corrected chi connectivity index (χ1v) is 10.2. The van der Waals surface area contributed by atoms with Gasteiger partial charge in [-0.2, -0.15) is 0 Å². The van der Waals surface area contributed by atoms with Crippen LogP contribution in [0.2, 0.25) is 10.0 Å². The van der Waals surface area contributed by atoms with E-state index >= 15 is 0 Å². The van der Waals surface area contributed by atoms with Gasteiger partial charge in [0.15, 0.2) is 5.82 Å². The van der Waals surface area contributed by atoms with Crippen LogP contribution in [0.25, 0.3) is 0 Å². The summed E-state index contributed by atoms with van der Waals surface area (Å²) in [6.45, 7) is 1.79. The van der Waals surface area contributed by atoms with Gasteiger partial charge in [0.1, 0.15) is 0 Å². The minimum atomic E-state index is -0.421. The maximum atomic E-state index is 12.5. The monoisotopic (exact) mass is 413 g/mol. The number of hydrogen-bond acceptors (Lipinski definition) is 5. The van der Waals surface area contributed by atoms with Crippen molar-refractivity contribution in [3.05, 3.63) is 34.1 Å². The second-order valence-electron chi connectivity index (χ2n) is 6.42. The molecule has 0 unspecified atom stereocenters. The molecule has 1 saturated carbocycles. The van der Waals surface area contributed by atoms with Crippen LogP contribution in [0.15, 0.2) is 23.4 Å². The minimum absolute atomic E-state index is 0.207. The maximum Gasteiger partial charge on any atom is 0.237 e. The number of nitrogens with two attached hydrogens (primary N) is 1. The third-order valence-corrected chi connectivity index (χ3v) is 6.12. The van der Waals surface area contributed by atoms with Crippen molar-refractivity contribution in [3.63, 3.8) is 0 Å². The Balaban J connectivity index is 1.65. The number of rotatable bonds is 5. The van der Waals surface area contributed by atoms with Crippen molar-refractivity contribution in [2.75, 3.05) is 11.2 Å². The highest BCUT2D eigenvalue weighted by molar-refractivity contribution is 8.00. The molecule has 140 valence electrons. The van der Waals surface area contributed by atoms with E-state index in [2.05, 4.69) is 15.5 Å². The summed E-state index contributed by atoms with van der Waals surface area (Å²) < 4.78 is 1.52. The predicted molar refractivity (Wildman–Crippen MR) is 106 cm³/mol. The number of carbonyl (C=O) groups is 1. The SMILES string of the molecule is C[C@H](Sc1nnc(C2CCCCC2)n1N)C(=O)Nc1cc(Cl)ccc1Cl. The molecular weight excluding hydrogens is 393 g/mol. The molecule has 1 fully saturated rings. The highest BCUT2D eigenvalue weighted by Crippen LogP contribution is 2.33. The molecule has 1 atom stereocenters. The molecule has 2 aromatic rings. The molecule has 1 aliphatic rings. The Labute approximate surface area is 166 Å². The summed E-state index contributed by atoms with van der Waals surface area (Å²) in [6, 6.07) is 4.93. The van der Waals surface area contributed by atoms with Crippen molar-refractivity contribution >= 4 is 46.6 Å². The number of benzene rings is 1. The number of halogens is 2. The number of nitrogen functional groups attached to an aromatic ring is 1. The first-order valence-electron chi connectivity index (χ1n) is 8.58. The molecule has 26 heavy (non-hydrogen) atoms. The smallest absolute Gasteiger partial charge is 0.237 e. The average Bonchev–Trinajstić information content (AvgIpc) is 2.99. The van der Waals surface area contributed by atoms with Crippen molar-refractivity contribution in [1.82, 2.24) is 14.9 Å². The van der Waals surface area contributed by atoms with Crippen LogP contribution >= 0.6 is 35.0 Å². The topological polar surface area (TPSA) is 85.8 Å². The number of nitrogens with one attached hydrogen (secondary N) is 1. The van der Waals surface area contributed by atoms with E-state index in [1.54, 1.807) is 25.1 Å². The van der Waals surface area contributed by atoms with Gasteiger partial charge in [0.2, 0.25) is 11.1 Å². The number of anilines is 1. The molecule has 1 amide bonds. The lowest BCUT2D eigenvalue weighted by Crippen LogP contribution is -2.24. The minimum Gasteiger partial charge on any atom is -0.336 e. The Bertz CT molecular complexity index is 791. The predicted octanol–water partition coefficient (Wildman–Crippen LogP) is 4.47. The second-order valence-corrected chi connectivity index (χ2v) is 8.57. The van der Waals surface area contributed by atoms with E-state index in [1.807, 2.05) is 0 Å². The summed E-state index contributed by atoms with van der Waals surface area (Å²) in [7, 11) is 0. The van der Waals surface area contributed by atoms with E-state index in [9.17, 15) is 4.79 Å². The molecule has 1 heterocycles. The summed E-state index contributed by atoms with van der Waals surface area (Å²) in [5.41, 5.74) is 0.480. The molecule has 3 N–H and O–H groups in total. The fourth-order valence-corrected chi connectivity index (χ4v) is 4.16. The number of hydrogen-bond donors (Lipinski definition) is 2. The zero-order chi connectivity index (χ0) is 18.7. The van der Waals surface area contributed by atoms with Gasteiger partial charge >= 0.3 is 0 Å². The van der Waals surface area contributed by atoms with Crippen molar-refractivity contribution < 1.29 is 4.79 Å². The van der Waals surface area contributed by atoms with Gasteiger partial charge in [-0.15, -0.1) is 10.2 Å². The van der Waals surface area contributed by atoms with Crippen molar-refractivity contribution in [2.45, 2.75) is 55.4 Å². The lowest BCUT2D eigenvalue weighted by molar-refractivity contribution is -0.115. The van der Waals surface area contributed by atoms with Crippen LogP contribution in [0.5, 0.6) is 0 Å². The lowest BCUT2D eigenvalue weighted by atomic mass is 9.89. The standard InChI is InChI=1S/C17H21Cl2N5OS/c1-10(16(25)21-14-9-12(18)7-8-13(14)19)26-17-23-22-15(24(17)20)11-5-3-2-4-6-11/h7-11H,2-6,20H2,1H3,(H,21,25)/t10-/m0/s1. The second kappa shape index (κ2) is 8.50. The molecule has 1 aliphatic carbocycles. The molecular formula is C17H21Cl2N5OS. The van der Waals surface area contributed by atoms with E-state index in [-0.39, 0.29) is 5.91 Å². The normalized spacial score (nSPS) is 16.4. The van der Waals surface area contributed by atoms with Gasteiger partial charge < -0.3 is 11.2 Å². The molecule has 0 saturated heterocycles. The molecule has 1 aromatic heterocycles. The van der Waals surface area contributed by atoms with Gasteiger partial charge in [-0.05, 0) is 38.0 Å². The fraction of sp³-hybridized carbons (Fsp3) is 0.471. The number of aromatic nitrogens is 3. The zero-order valence-corrected chi connectivity index (χ0v) is 16.7. The van der Waals surface area contributed by atoms with Gasteiger partial charge in [-0.3, -0.25) is 4.79 Å². The maximum absolute atomic E-state index is 12.5. The Hall–Kier alpha value is -1.44. The van der Waals surface area contributed by atoms with Crippen LogP contribution in [0, 0.1) is 0 Å². The third kappa shape index (κ3) is 4.45. The lowest BCUT2D eigenvalue weighted by Gasteiger charge is -2.20. The van der Waals surface area contributed by atoms with Crippen LogP contribution < -0.4 is 11.2 Å². The molecule has 0 spiro atoms. The molecule has 9 heteroatoms. The first-order chi connectivity index (χ1) is 12.5. The molecule has 6 nitrogen and oxygen atoms in total. The molecule has 0 radical (unpaired) electrons. The average molecular weight is 414 g/mol. The summed E-state index contributed by atoms with van der Waals surface area (Å²) >= 11 is 13.3. The molecule has 0 aliphatic heterocycles. The summed E-state index contributed by atoms with van der Waals surface area (Å²) in [5.74, 6) is 7.13. The van der Waals surface area contributed by atoms with E-state index in [1.165, 1.54) is 35.7 Å². The van der Waals surface area contributed by atoms with E-state index in [4.69, 9.17) is 29.0 Å². The highest BCUT2D eigenvalue weighted by Gasteiger charge is 2.25. The number of nitrogens with zero attached hydrogens (tertiary/aromatic N) is 3. The van der Waals surface area contributed by atoms with Crippen LogP contribution in [-0.4, -0.2) is 26.0 Å². The first kappa shape index (κ1) is 19.3. The third-order valence-electron chi connectivity index (χ3n) is 4.50. The van der Waals surface area contributed by atoms with Crippen LogP contribution in [0.3, 0.4) is 0 Å². The fourth-order valence-electron chi connectivity index (χ4n) is 3.05. The number of thioether (sulfide) groups is 1. The zero-order valence-electron chi connectivity index (χ0n) is 14.4. The van der Waals surface area contributed by atoms with E-state index in [0.717, 1.165) is 18.7 Å². The largest absolute Gasteiger partial charge is 0.336 e. The summed E-state index contributed by atoms with van der Waals surface area (Å²) in [5, 5.41) is 12.3. The van der Waals surface area contributed by atoms with Gasteiger partial charge in [0, 0.05) is 10.9 Å². The quantitative estimate of drug-likeness (QED) is 0.557. The highest BCUT2D eigenvalue weighted by atomic mass is 35.5. The van der Waals surface area contributed by atoms with Crippen LogP contribution in [0.1, 0.15) is 50.8 Å². The summed E-state index contributed by atoms with van der Waals surface area (Å²) in [6.07, 6.45) is 5.82. The molecule has 0 bridgehead atoms. The number of amides is 1. The van der Waals surface area contributed by atoms with Gasteiger partial charge in [0.05, 0.1) is 16.0 Å². The van der Waals surface area contributed by atoms with Crippen molar-refractivity contribution in [2.24, 2.45) is 0 Å². The van der Waals surface area contributed by atoms with Gasteiger partial charge in [-0.1, -0.05) is 54.2 Å². The van der Waals surface area contributed by atoms with E-state index in [0.29, 0.717) is 26.8 Å². The van der Waals surface area contributed by atoms with Gasteiger partial charge in [-0.25, -0.2) is 4.68 Å². The van der Waals surface area contributed by atoms with E-state index < -0.39 is 5.25 Å². The Kier molecular flexibility index (Phi) is 6.32. The Morgan fingerprint density at radius 1 is 1.31 bits per heavy atom. The Morgan fingerprint density at radius 3 is 2.77 bits per heavy atom. The van der Waals surface area contributed by atoms with Gasteiger partial charge in [0.25, 0.3) is 0 Å². The number of carbonyl (C=O) groups excluding carboxylic acids is 1. The molecule has 1 aromatic carbocycles. The van der Waals surface area contributed by atoms with Crippen LogP contribution in [0.4, 0.5) is 5.69 Å². The van der Waals surface area contributed by atoms with Crippen molar-refractivity contribution in [1.29, 1.82) is 0 Å². The molecule has 3 rings (SSSR count). The van der Waals surface area contributed by atoms with Crippen molar-refractivity contribution in [3.8, 4) is 0 Å².